The molecule has 1 fully saturated rings. The Labute approximate surface area is 142 Å². The quantitative estimate of drug-likeness (QED) is 0.828. The molecule has 1 aliphatic rings. The molecule has 0 radical (unpaired) electrons. The summed E-state index contributed by atoms with van der Waals surface area (Å²) in [6.45, 7) is 0. The van der Waals surface area contributed by atoms with Crippen molar-refractivity contribution >= 4 is 23.2 Å². The lowest BCUT2D eigenvalue weighted by Gasteiger charge is -2.34. The van der Waals surface area contributed by atoms with Crippen LogP contribution < -0.4 is 10.6 Å². The van der Waals surface area contributed by atoms with Gasteiger partial charge in [0.1, 0.15) is 5.41 Å². The lowest BCUT2D eigenvalue weighted by atomic mass is 9.72. The molecule has 3 rings (SSSR count). The molecule has 0 bridgehead atoms. The molecule has 1 saturated carbocycles. The third kappa shape index (κ3) is 3.48. The fourth-order valence-corrected chi connectivity index (χ4v) is 3.26. The summed E-state index contributed by atoms with van der Waals surface area (Å²) in [6, 6.07) is 18.6. The monoisotopic (exact) mass is 322 g/mol. The standard InChI is InChI=1S/C20H22N2O2/c23-18(21-16-10-4-1-5-11-16)20(14-8-3-9-15-20)19(24)22-17-12-6-2-7-13-17/h1-2,4-7,10-13H,3,8-9,14-15H2,(H,21,23)(H,22,24). The van der Waals surface area contributed by atoms with Crippen molar-refractivity contribution in [3.05, 3.63) is 60.7 Å². The maximum Gasteiger partial charge on any atom is 0.240 e. The largest absolute Gasteiger partial charge is 0.325 e. The Morgan fingerprint density at radius 3 is 1.50 bits per heavy atom. The number of amides is 2. The SMILES string of the molecule is O=C(Nc1ccccc1)C1(C(=O)Nc2ccccc2)CCCCC1. The number of carbonyl (C=O) groups is 2. The fourth-order valence-electron chi connectivity index (χ4n) is 3.26. The molecule has 0 aliphatic heterocycles. The average molecular weight is 322 g/mol. The van der Waals surface area contributed by atoms with Gasteiger partial charge in [0.25, 0.3) is 0 Å². The highest BCUT2D eigenvalue weighted by atomic mass is 16.2. The number of rotatable bonds is 4. The van der Waals surface area contributed by atoms with Gasteiger partial charge in [0.2, 0.25) is 11.8 Å². The van der Waals surface area contributed by atoms with Gasteiger partial charge in [0.05, 0.1) is 0 Å². The van der Waals surface area contributed by atoms with Crippen molar-refractivity contribution in [1.82, 2.24) is 0 Å². The van der Waals surface area contributed by atoms with E-state index in [4.69, 9.17) is 0 Å². The number of benzene rings is 2. The van der Waals surface area contributed by atoms with Crippen LogP contribution in [0.4, 0.5) is 11.4 Å². The molecule has 2 aromatic carbocycles. The molecule has 0 spiro atoms. The smallest absolute Gasteiger partial charge is 0.240 e. The highest BCUT2D eigenvalue weighted by molar-refractivity contribution is 6.14. The van der Waals surface area contributed by atoms with Crippen molar-refractivity contribution in [2.45, 2.75) is 32.1 Å². The van der Waals surface area contributed by atoms with Gasteiger partial charge >= 0.3 is 0 Å². The molecule has 124 valence electrons. The molecular formula is C20H22N2O2. The topological polar surface area (TPSA) is 58.2 Å². The Morgan fingerprint density at radius 2 is 1.08 bits per heavy atom. The summed E-state index contributed by atoms with van der Waals surface area (Å²) in [5.74, 6) is -0.413. The minimum Gasteiger partial charge on any atom is -0.325 e. The summed E-state index contributed by atoms with van der Waals surface area (Å²) in [4.78, 5) is 25.9. The van der Waals surface area contributed by atoms with E-state index in [1.54, 1.807) is 0 Å². The Balaban J connectivity index is 1.81. The number of nitrogens with one attached hydrogen (secondary N) is 2. The van der Waals surface area contributed by atoms with Gasteiger partial charge in [-0.2, -0.15) is 0 Å². The summed E-state index contributed by atoms with van der Waals surface area (Å²) in [5, 5.41) is 5.84. The molecule has 0 atom stereocenters. The van der Waals surface area contributed by atoms with Crippen molar-refractivity contribution < 1.29 is 9.59 Å². The fraction of sp³-hybridized carbons (Fsp3) is 0.300. The molecular weight excluding hydrogens is 300 g/mol. The molecule has 4 heteroatoms. The average Bonchev–Trinajstić information content (AvgIpc) is 2.64. The molecule has 2 amide bonds. The van der Waals surface area contributed by atoms with E-state index in [1.165, 1.54) is 0 Å². The van der Waals surface area contributed by atoms with E-state index in [1.807, 2.05) is 60.7 Å². The second-order valence-corrected chi connectivity index (χ2v) is 6.28. The first kappa shape index (κ1) is 16.2. The summed E-state index contributed by atoms with van der Waals surface area (Å²) < 4.78 is 0. The Bertz CT molecular complexity index is 637. The zero-order chi connectivity index (χ0) is 16.8. The first-order valence-corrected chi connectivity index (χ1v) is 8.44. The zero-order valence-electron chi connectivity index (χ0n) is 13.6. The van der Waals surface area contributed by atoms with Gasteiger partial charge in [-0.3, -0.25) is 9.59 Å². The van der Waals surface area contributed by atoms with Gasteiger partial charge in [0, 0.05) is 11.4 Å². The predicted octanol–water partition coefficient (Wildman–Crippen LogP) is 4.21. The van der Waals surface area contributed by atoms with Crippen LogP contribution in [0.25, 0.3) is 0 Å². The first-order valence-electron chi connectivity index (χ1n) is 8.44. The molecule has 0 heterocycles. The zero-order valence-corrected chi connectivity index (χ0v) is 13.6. The highest BCUT2D eigenvalue weighted by Gasteiger charge is 2.46. The molecule has 0 unspecified atom stereocenters. The lowest BCUT2D eigenvalue weighted by molar-refractivity contribution is -0.139. The van der Waals surface area contributed by atoms with E-state index < -0.39 is 5.41 Å². The molecule has 24 heavy (non-hydrogen) atoms. The summed E-state index contributed by atoms with van der Waals surface area (Å²) in [6.07, 6.45) is 4.03. The highest BCUT2D eigenvalue weighted by Crippen LogP contribution is 2.38. The molecule has 0 saturated heterocycles. The number of hydrogen-bond donors (Lipinski definition) is 2. The molecule has 0 aromatic heterocycles. The minimum atomic E-state index is -0.996. The van der Waals surface area contributed by atoms with Crippen LogP contribution >= 0.6 is 0 Å². The van der Waals surface area contributed by atoms with Crippen molar-refractivity contribution in [2.24, 2.45) is 5.41 Å². The Hall–Kier alpha value is -2.62. The van der Waals surface area contributed by atoms with Crippen LogP contribution in [0.5, 0.6) is 0 Å². The van der Waals surface area contributed by atoms with Crippen molar-refractivity contribution in [3.63, 3.8) is 0 Å². The van der Waals surface area contributed by atoms with E-state index in [0.717, 1.165) is 30.6 Å². The second kappa shape index (κ2) is 7.30. The van der Waals surface area contributed by atoms with Gasteiger partial charge in [-0.05, 0) is 37.1 Å². The number of carbonyl (C=O) groups excluding carboxylic acids is 2. The number of anilines is 2. The van der Waals surface area contributed by atoms with Crippen LogP contribution in [0.1, 0.15) is 32.1 Å². The van der Waals surface area contributed by atoms with Crippen molar-refractivity contribution in [1.29, 1.82) is 0 Å². The van der Waals surface area contributed by atoms with Gasteiger partial charge in [-0.1, -0.05) is 55.7 Å². The Kier molecular flexibility index (Phi) is 4.94. The molecule has 2 aromatic rings. The van der Waals surface area contributed by atoms with Crippen LogP contribution in [0.15, 0.2) is 60.7 Å². The van der Waals surface area contributed by atoms with Gasteiger partial charge < -0.3 is 10.6 Å². The summed E-state index contributed by atoms with van der Waals surface area (Å²) in [7, 11) is 0. The van der Waals surface area contributed by atoms with Crippen molar-refractivity contribution in [3.8, 4) is 0 Å². The lowest BCUT2D eigenvalue weighted by Crippen LogP contribution is -2.47. The second-order valence-electron chi connectivity index (χ2n) is 6.28. The van der Waals surface area contributed by atoms with Gasteiger partial charge in [0.15, 0.2) is 0 Å². The van der Waals surface area contributed by atoms with E-state index in [9.17, 15) is 9.59 Å². The molecule has 1 aliphatic carbocycles. The third-order valence-electron chi connectivity index (χ3n) is 4.64. The summed E-state index contributed by atoms with van der Waals surface area (Å²) >= 11 is 0. The molecule has 2 N–H and O–H groups in total. The number of hydrogen-bond acceptors (Lipinski definition) is 2. The minimum absolute atomic E-state index is 0.207. The van der Waals surface area contributed by atoms with Crippen LogP contribution in [0.2, 0.25) is 0 Å². The van der Waals surface area contributed by atoms with Gasteiger partial charge in [-0.25, -0.2) is 0 Å². The van der Waals surface area contributed by atoms with Crippen LogP contribution in [0, 0.1) is 5.41 Å². The van der Waals surface area contributed by atoms with Gasteiger partial charge in [-0.15, -0.1) is 0 Å². The maximum atomic E-state index is 12.9. The van der Waals surface area contributed by atoms with E-state index in [0.29, 0.717) is 12.8 Å². The Morgan fingerprint density at radius 1 is 0.667 bits per heavy atom. The third-order valence-corrected chi connectivity index (χ3v) is 4.64. The normalized spacial score (nSPS) is 16.2. The van der Waals surface area contributed by atoms with Crippen LogP contribution in [0.3, 0.4) is 0 Å². The van der Waals surface area contributed by atoms with Crippen LogP contribution in [-0.4, -0.2) is 11.8 Å². The van der Waals surface area contributed by atoms with E-state index >= 15 is 0 Å². The number of para-hydroxylation sites is 2. The van der Waals surface area contributed by atoms with Crippen LogP contribution in [-0.2, 0) is 9.59 Å². The maximum absolute atomic E-state index is 12.9. The summed E-state index contributed by atoms with van der Waals surface area (Å²) in [5.41, 5.74) is 0.448. The van der Waals surface area contributed by atoms with Crippen molar-refractivity contribution in [2.75, 3.05) is 10.6 Å². The van der Waals surface area contributed by atoms with E-state index in [-0.39, 0.29) is 11.8 Å². The molecule has 4 nitrogen and oxygen atoms in total. The van der Waals surface area contributed by atoms with E-state index in [2.05, 4.69) is 10.6 Å². The predicted molar refractivity (Wildman–Crippen MR) is 95.7 cm³/mol. The first-order chi connectivity index (χ1) is 11.7.